The van der Waals surface area contributed by atoms with Crippen LogP contribution in [0.15, 0.2) is 48.7 Å². The Hall–Kier alpha value is -1.97. The van der Waals surface area contributed by atoms with E-state index in [4.69, 9.17) is 16.6 Å². The topological polar surface area (TPSA) is 37.8 Å². The van der Waals surface area contributed by atoms with E-state index in [1.807, 2.05) is 56.6 Å². The molecule has 1 aromatic heterocycles. The molecule has 0 saturated heterocycles. The van der Waals surface area contributed by atoms with E-state index in [0.29, 0.717) is 0 Å². The van der Waals surface area contributed by atoms with Gasteiger partial charge in [-0.2, -0.15) is 0 Å². The lowest BCUT2D eigenvalue weighted by Crippen LogP contribution is -2.19. The highest BCUT2D eigenvalue weighted by Crippen LogP contribution is 2.25. The molecule has 0 radical (unpaired) electrons. The van der Waals surface area contributed by atoms with Crippen molar-refractivity contribution in [2.75, 3.05) is 7.05 Å². The lowest BCUT2D eigenvalue weighted by molar-refractivity contribution is 0.670. The fraction of sp³-hybridized carbons (Fsp3) is 0.176. The van der Waals surface area contributed by atoms with E-state index < -0.39 is 0 Å². The number of para-hydroxylation sites is 2. The average Bonchev–Trinajstić information content (AvgIpc) is 2.51. The van der Waals surface area contributed by atoms with Gasteiger partial charge in [0.1, 0.15) is 0 Å². The smallest absolute Gasteiger partial charge is 0.0890 e. The standard InChI is InChI=1S/C17H16ClN3/c1-11-7-8-12(9-13(11)18)17(19-2)16-10-20-14-5-3-4-6-15(14)21-16/h3-10,17,19H,1-2H3. The number of nitrogens with zero attached hydrogens (tertiary/aromatic N) is 2. The Morgan fingerprint density at radius 2 is 1.86 bits per heavy atom. The molecule has 1 unspecified atom stereocenters. The summed E-state index contributed by atoms with van der Waals surface area (Å²) < 4.78 is 0. The maximum atomic E-state index is 6.23. The minimum atomic E-state index is -0.0276. The first-order chi connectivity index (χ1) is 10.2. The van der Waals surface area contributed by atoms with E-state index in [9.17, 15) is 0 Å². The van der Waals surface area contributed by atoms with Crippen LogP contribution in [0.1, 0.15) is 22.9 Å². The van der Waals surface area contributed by atoms with Gasteiger partial charge in [0.25, 0.3) is 0 Å². The lowest BCUT2D eigenvalue weighted by atomic mass is 10.0. The summed E-state index contributed by atoms with van der Waals surface area (Å²) in [6.45, 7) is 2.00. The molecule has 3 rings (SSSR count). The molecule has 0 aliphatic rings. The van der Waals surface area contributed by atoms with Crippen LogP contribution in [0.3, 0.4) is 0 Å². The van der Waals surface area contributed by atoms with Crippen LogP contribution in [0.2, 0.25) is 5.02 Å². The number of benzene rings is 2. The first kappa shape index (κ1) is 14.0. The molecule has 1 heterocycles. The highest BCUT2D eigenvalue weighted by atomic mass is 35.5. The van der Waals surface area contributed by atoms with Gasteiger partial charge in [0.15, 0.2) is 0 Å². The van der Waals surface area contributed by atoms with E-state index in [1.54, 1.807) is 0 Å². The molecule has 106 valence electrons. The Morgan fingerprint density at radius 1 is 1.10 bits per heavy atom. The van der Waals surface area contributed by atoms with Crippen LogP contribution >= 0.6 is 11.6 Å². The average molecular weight is 298 g/mol. The van der Waals surface area contributed by atoms with E-state index in [0.717, 1.165) is 32.9 Å². The summed E-state index contributed by atoms with van der Waals surface area (Å²) in [5.74, 6) is 0. The van der Waals surface area contributed by atoms with E-state index in [1.165, 1.54) is 0 Å². The number of aryl methyl sites for hydroxylation is 1. The van der Waals surface area contributed by atoms with E-state index in [2.05, 4.69) is 16.4 Å². The Balaban J connectivity index is 2.06. The third-order valence-corrected chi connectivity index (χ3v) is 3.99. The summed E-state index contributed by atoms with van der Waals surface area (Å²) >= 11 is 6.23. The number of rotatable bonds is 3. The van der Waals surface area contributed by atoms with Crippen molar-refractivity contribution >= 4 is 22.6 Å². The summed E-state index contributed by atoms with van der Waals surface area (Å²) in [6, 6.07) is 13.9. The van der Waals surface area contributed by atoms with Crippen LogP contribution in [-0.2, 0) is 0 Å². The molecule has 0 fully saturated rings. The van der Waals surface area contributed by atoms with Crippen molar-refractivity contribution in [2.45, 2.75) is 13.0 Å². The minimum Gasteiger partial charge on any atom is -0.308 e. The normalized spacial score (nSPS) is 12.5. The predicted molar refractivity (Wildman–Crippen MR) is 86.6 cm³/mol. The highest BCUT2D eigenvalue weighted by molar-refractivity contribution is 6.31. The molecule has 0 amide bonds. The van der Waals surface area contributed by atoms with Gasteiger partial charge in [-0.15, -0.1) is 0 Å². The van der Waals surface area contributed by atoms with Crippen LogP contribution in [0.4, 0.5) is 0 Å². The molecule has 2 aromatic carbocycles. The quantitative estimate of drug-likeness (QED) is 0.797. The van der Waals surface area contributed by atoms with Crippen molar-refractivity contribution in [2.24, 2.45) is 0 Å². The number of hydrogen-bond acceptors (Lipinski definition) is 3. The highest BCUT2D eigenvalue weighted by Gasteiger charge is 2.15. The van der Waals surface area contributed by atoms with Crippen molar-refractivity contribution in [1.29, 1.82) is 0 Å². The Bertz CT molecular complexity index is 786. The second-order valence-corrected chi connectivity index (χ2v) is 5.42. The molecule has 4 heteroatoms. The number of hydrogen-bond donors (Lipinski definition) is 1. The molecule has 3 nitrogen and oxygen atoms in total. The maximum absolute atomic E-state index is 6.23. The summed E-state index contributed by atoms with van der Waals surface area (Å²) in [5.41, 5.74) is 4.83. The lowest BCUT2D eigenvalue weighted by Gasteiger charge is -2.17. The van der Waals surface area contributed by atoms with Gasteiger partial charge in [-0.05, 0) is 43.3 Å². The zero-order valence-electron chi connectivity index (χ0n) is 12.0. The first-order valence-corrected chi connectivity index (χ1v) is 7.22. The van der Waals surface area contributed by atoms with Gasteiger partial charge in [0.05, 0.1) is 29.0 Å². The monoisotopic (exact) mass is 297 g/mol. The van der Waals surface area contributed by atoms with Crippen molar-refractivity contribution in [1.82, 2.24) is 15.3 Å². The minimum absolute atomic E-state index is 0.0276. The molecule has 1 N–H and O–H groups in total. The zero-order valence-corrected chi connectivity index (χ0v) is 12.7. The summed E-state index contributed by atoms with van der Waals surface area (Å²) in [4.78, 5) is 9.19. The SMILES string of the molecule is CNC(c1ccc(C)c(Cl)c1)c1cnc2ccccc2n1. The maximum Gasteiger partial charge on any atom is 0.0890 e. The Morgan fingerprint density at radius 3 is 2.57 bits per heavy atom. The fourth-order valence-electron chi connectivity index (χ4n) is 2.38. The van der Waals surface area contributed by atoms with Crippen LogP contribution in [-0.4, -0.2) is 17.0 Å². The summed E-state index contributed by atoms with van der Waals surface area (Å²) in [6.07, 6.45) is 1.82. The predicted octanol–water partition coefficient (Wildman–Crippen LogP) is 3.90. The first-order valence-electron chi connectivity index (χ1n) is 6.84. The molecule has 0 saturated carbocycles. The van der Waals surface area contributed by atoms with Gasteiger partial charge in [-0.3, -0.25) is 4.98 Å². The number of aromatic nitrogens is 2. The van der Waals surface area contributed by atoms with Crippen molar-refractivity contribution in [3.05, 3.63) is 70.5 Å². The number of fused-ring (bicyclic) bond motifs is 1. The fourth-order valence-corrected chi connectivity index (χ4v) is 2.57. The van der Waals surface area contributed by atoms with Crippen molar-refractivity contribution in [3.8, 4) is 0 Å². The van der Waals surface area contributed by atoms with E-state index in [-0.39, 0.29) is 6.04 Å². The van der Waals surface area contributed by atoms with Crippen LogP contribution in [0.25, 0.3) is 11.0 Å². The third kappa shape index (κ3) is 2.75. The van der Waals surface area contributed by atoms with Gasteiger partial charge in [-0.1, -0.05) is 35.9 Å². The molecular formula is C17H16ClN3. The largest absolute Gasteiger partial charge is 0.308 e. The third-order valence-electron chi connectivity index (χ3n) is 3.58. The van der Waals surface area contributed by atoms with Crippen molar-refractivity contribution < 1.29 is 0 Å². The van der Waals surface area contributed by atoms with Crippen LogP contribution < -0.4 is 5.32 Å². The van der Waals surface area contributed by atoms with Crippen LogP contribution in [0, 0.1) is 6.92 Å². The molecule has 21 heavy (non-hydrogen) atoms. The number of nitrogens with one attached hydrogen (secondary N) is 1. The summed E-state index contributed by atoms with van der Waals surface area (Å²) in [5, 5.41) is 4.05. The second-order valence-electron chi connectivity index (χ2n) is 5.01. The Labute approximate surface area is 129 Å². The second kappa shape index (κ2) is 5.80. The number of halogens is 1. The van der Waals surface area contributed by atoms with E-state index >= 15 is 0 Å². The van der Waals surface area contributed by atoms with Gasteiger partial charge in [-0.25, -0.2) is 4.98 Å². The van der Waals surface area contributed by atoms with Crippen molar-refractivity contribution in [3.63, 3.8) is 0 Å². The van der Waals surface area contributed by atoms with Gasteiger partial charge in [0, 0.05) is 5.02 Å². The molecular weight excluding hydrogens is 282 g/mol. The zero-order chi connectivity index (χ0) is 14.8. The molecule has 3 aromatic rings. The van der Waals surface area contributed by atoms with Crippen LogP contribution in [0.5, 0.6) is 0 Å². The molecule has 1 atom stereocenters. The van der Waals surface area contributed by atoms with Gasteiger partial charge < -0.3 is 5.32 Å². The summed E-state index contributed by atoms with van der Waals surface area (Å²) in [7, 11) is 1.91. The molecule has 0 bridgehead atoms. The Kier molecular flexibility index (Phi) is 3.86. The molecule has 0 aliphatic carbocycles. The molecule has 0 aliphatic heterocycles. The van der Waals surface area contributed by atoms with Gasteiger partial charge >= 0.3 is 0 Å². The van der Waals surface area contributed by atoms with Gasteiger partial charge in [0.2, 0.25) is 0 Å². The molecule has 0 spiro atoms.